The number of amides is 1. The molecule has 0 spiro atoms. The van der Waals surface area contributed by atoms with Crippen LogP contribution in [0.1, 0.15) is 10.6 Å². The van der Waals surface area contributed by atoms with Gasteiger partial charge in [0.05, 0.1) is 16.2 Å². The number of hydrogen-bond donors (Lipinski definition) is 0. The second-order valence-corrected chi connectivity index (χ2v) is 8.61. The van der Waals surface area contributed by atoms with Crippen molar-refractivity contribution in [2.75, 3.05) is 36.8 Å². The average Bonchev–Trinajstić information content (AvgIpc) is 3.10. The molecule has 2 heterocycles. The second-order valence-electron chi connectivity index (χ2n) is 6.20. The normalized spacial score (nSPS) is 14.9. The Hall–Kier alpha value is -2.41. The molecular weight excluding hydrogens is 431 g/mol. The third-order valence-corrected chi connectivity index (χ3v) is 6.26. The molecule has 0 radical (unpaired) electrons. The quantitative estimate of drug-likeness (QED) is 0.395. The molecule has 2 aromatic rings. The van der Waals surface area contributed by atoms with Crippen molar-refractivity contribution in [2.45, 2.75) is 17.4 Å². The van der Waals surface area contributed by atoms with E-state index in [0.29, 0.717) is 36.6 Å². The van der Waals surface area contributed by atoms with Crippen LogP contribution in [-0.4, -0.2) is 57.9 Å². The number of nitro benzene ring substituents is 1. The topological polar surface area (TPSA) is 92.5 Å². The van der Waals surface area contributed by atoms with Gasteiger partial charge in [-0.1, -0.05) is 23.1 Å². The minimum atomic E-state index is -4.66. The molecule has 29 heavy (non-hydrogen) atoms. The van der Waals surface area contributed by atoms with Gasteiger partial charge in [0.1, 0.15) is 10.7 Å². The third kappa shape index (κ3) is 5.15. The maximum Gasteiger partial charge on any atom is 0.416 e. The molecule has 8 nitrogen and oxygen atoms in total. The Kier molecular flexibility index (Phi) is 6.27. The number of alkyl halides is 3. The Morgan fingerprint density at radius 3 is 2.52 bits per heavy atom. The molecule has 1 saturated heterocycles. The van der Waals surface area contributed by atoms with Crippen LogP contribution in [0.3, 0.4) is 0 Å². The molecule has 0 unspecified atom stereocenters. The van der Waals surface area contributed by atoms with Gasteiger partial charge in [0.25, 0.3) is 5.69 Å². The predicted molar refractivity (Wildman–Crippen MR) is 102 cm³/mol. The summed E-state index contributed by atoms with van der Waals surface area (Å²) in [7, 11) is 0. The molecule has 0 bridgehead atoms. The number of carbonyl (C=O) groups excluding carboxylic acids is 1. The maximum atomic E-state index is 12.9. The van der Waals surface area contributed by atoms with Crippen molar-refractivity contribution in [1.82, 2.24) is 15.1 Å². The molecule has 0 saturated carbocycles. The van der Waals surface area contributed by atoms with Gasteiger partial charge in [0.2, 0.25) is 5.91 Å². The van der Waals surface area contributed by atoms with Gasteiger partial charge in [-0.15, -0.1) is 10.2 Å². The first-order valence-corrected chi connectivity index (χ1v) is 10.3. The highest BCUT2D eigenvalue weighted by molar-refractivity contribution is 8.01. The summed E-state index contributed by atoms with van der Waals surface area (Å²) in [5.74, 6) is 0.110. The van der Waals surface area contributed by atoms with Crippen LogP contribution in [-0.2, 0) is 11.0 Å². The Bertz CT molecular complexity index is 913. The van der Waals surface area contributed by atoms with Crippen LogP contribution in [0.2, 0.25) is 0 Å². The number of piperazine rings is 1. The highest BCUT2D eigenvalue weighted by atomic mass is 32.2. The zero-order valence-electron chi connectivity index (χ0n) is 15.2. The Labute approximate surface area is 171 Å². The first kappa shape index (κ1) is 21.3. The van der Waals surface area contributed by atoms with Gasteiger partial charge in [0, 0.05) is 32.2 Å². The van der Waals surface area contributed by atoms with Gasteiger partial charge in [-0.3, -0.25) is 14.9 Å². The van der Waals surface area contributed by atoms with E-state index in [1.807, 2.05) is 6.92 Å². The molecule has 1 fully saturated rings. The van der Waals surface area contributed by atoms with E-state index in [-0.39, 0.29) is 17.3 Å². The Morgan fingerprint density at radius 1 is 1.28 bits per heavy atom. The van der Waals surface area contributed by atoms with E-state index in [1.54, 1.807) is 9.80 Å². The predicted octanol–water partition coefficient (Wildman–Crippen LogP) is 3.21. The SMILES string of the molecule is Cc1nnc(SCC(=O)N2CCN(c3ccc(C(F)(F)F)cc3[N+](=O)[O-])CC2)s1. The molecular formula is C16H16F3N5O3S2. The van der Waals surface area contributed by atoms with Gasteiger partial charge in [-0.2, -0.15) is 13.2 Å². The number of aromatic nitrogens is 2. The van der Waals surface area contributed by atoms with Crippen molar-refractivity contribution in [3.05, 3.63) is 38.9 Å². The highest BCUT2D eigenvalue weighted by Crippen LogP contribution is 2.36. The van der Waals surface area contributed by atoms with Crippen LogP contribution >= 0.6 is 23.1 Å². The van der Waals surface area contributed by atoms with Crippen molar-refractivity contribution in [3.63, 3.8) is 0 Å². The van der Waals surface area contributed by atoms with Crippen LogP contribution in [0.5, 0.6) is 0 Å². The number of rotatable bonds is 5. The summed E-state index contributed by atoms with van der Waals surface area (Å²) < 4.78 is 39.3. The number of benzene rings is 1. The molecule has 1 amide bonds. The Morgan fingerprint density at radius 2 is 1.97 bits per heavy atom. The average molecular weight is 447 g/mol. The zero-order chi connectivity index (χ0) is 21.2. The summed E-state index contributed by atoms with van der Waals surface area (Å²) >= 11 is 2.69. The number of hydrogen-bond acceptors (Lipinski definition) is 8. The highest BCUT2D eigenvalue weighted by Gasteiger charge is 2.34. The molecule has 1 aromatic carbocycles. The number of anilines is 1. The fraction of sp³-hybridized carbons (Fsp3) is 0.438. The van der Waals surface area contributed by atoms with Gasteiger partial charge in [0.15, 0.2) is 4.34 Å². The third-order valence-electron chi connectivity index (χ3n) is 4.30. The number of nitro groups is 1. The molecule has 0 atom stereocenters. The lowest BCUT2D eigenvalue weighted by Gasteiger charge is -2.35. The molecule has 3 rings (SSSR count). The zero-order valence-corrected chi connectivity index (χ0v) is 16.8. The minimum absolute atomic E-state index is 0.0931. The lowest BCUT2D eigenvalue weighted by Crippen LogP contribution is -2.49. The maximum absolute atomic E-state index is 12.9. The van der Waals surface area contributed by atoms with Gasteiger partial charge in [-0.05, 0) is 19.1 Å². The number of thioether (sulfide) groups is 1. The van der Waals surface area contributed by atoms with E-state index in [2.05, 4.69) is 10.2 Å². The standard InChI is InChI=1S/C16H16F3N5O3S2/c1-10-20-21-15(29-10)28-9-14(25)23-6-4-22(5-7-23)12-3-2-11(16(17,18)19)8-13(12)24(26)27/h2-3,8H,4-7,9H2,1H3. The fourth-order valence-electron chi connectivity index (χ4n) is 2.86. The van der Waals surface area contributed by atoms with Gasteiger partial charge < -0.3 is 9.80 Å². The van der Waals surface area contributed by atoms with Crippen molar-refractivity contribution in [1.29, 1.82) is 0 Å². The minimum Gasteiger partial charge on any atom is -0.362 e. The largest absolute Gasteiger partial charge is 0.416 e. The van der Waals surface area contributed by atoms with Crippen LogP contribution in [0.15, 0.2) is 22.5 Å². The van der Waals surface area contributed by atoms with Gasteiger partial charge >= 0.3 is 6.18 Å². The second kappa shape index (κ2) is 8.53. The lowest BCUT2D eigenvalue weighted by molar-refractivity contribution is -0.384. The molecule has 1 aliphatic rings. The van der Waals surface area contributed by atoms with Crippen molar-refractivity contribution >= 4 is 40.4 Å². The number of nitrogens with zero attached hydrogens (tertiary/aromatic N) is 5. The van der Waals surface area contributed by atoms with E-state index < -0.39 is 22.4 Å². The van der Waals surface area contributed by atoms with E-state index in [1.165, 1.54) is 23.1 Å². The summed E-state index contributed by atoms with van der Waals surface area (Å²) in [6, 6.07) is 2.50. The first-order chi connectivity index (χ1) is 13.6. The van der Waals surface area contributed by atoms with Crippen molar-refractivity contribution < 1.29 is 22.9 Å². The monoisotopic (exact) mass is 447 g/mol. The molecule has 1 aliphatic heterocycles. The summed E-state index contributed by atoms with van der Waals surface area (Å²) in [6.45, 7) is 3.06. The van der Waals surface area contributed by atoms with Crippen LogP contribution in [0.25, 0.3) is 0 Å². The first-order valence-electron chi connectivity index (χ1n) is 8.46. The molecule has 156 valence electrons. The molecule has 1 aromatic heterocycles. The smallest absolute Gasteiger partial charge is 0.362 e. The van der Waals surface area contributed by atoms with Crippen LogP contribution in [0, 0.1) is 17.0 Å². The van der Waals surface area contributed by atoms with Crippen molar-refractivity contribution in [3.8, 4) is 0 Å². The van der Waals surface area contributed by atoms with E-state index in [0.717, 1.165) is 17.1 Å². The van der Waals surface area contributed by atoms with E-state index in [9.17, 15) is 28.1 Å². The molecule has 0 N–H and O–H groups in total. The van der Waals surface area contributed by atoms with E-state index >= 15 is 0 Å². The van der Waals surface area contributed by atoms with Crippen molar-refractivity contribution in [2.24, 2.45) is 0 Å². The summed E-state index contributed by atoms with van der Waals surface area (Å²) in [5.41, 5.74) is -1.54. The molecule has 13 heteroatoms. The molecule has 0 aliphatic carbocycles. The number of carbonyl (C=O) groups is 1. The number of aryl methyl sites for hydroxylation is 1. The summed E-state index contributed by atoms with van der Waals surface area (Å²) in [5, 5.41) is 19.9. The lowest BCUT2D eigenvalue weighted by atomic mass is 10.1. The Balaban J connectivity index is 1.62. The van der Waals surface area contributed by atoms with Crippen LogP contribution < -0.4 is 4.90 Å². The van der Waals surface area contributed by atoms with Crippen LogP contribution in [0.4, 0.5) is 24.5 Å². The fourth-order valence-corrected chi connectivity index (χ4v) is 4.58. The van der Waals surface area contributed by atoms with E-state index in [4.69, 9.17) is 0 Å². The summed E-state index contributed by atoms with van der Waals surface area (Å²) in [4.78, 5) is 26.1. The summed E-state index contributed by atoms with van der Waals surface area (Å²) in [6.07, 6.45) is -4.66. The van der Waals surface area contributed by atoms with Gasteiger partial charge in [-0.25, -0.2) is 0 Å². The number of halogens is 3.